The van der Waals surface area contributed by atoms with Crippen LogP contribution in [0.2, 0.25) is 0 Å². The van der Waals surface area contributed by atoms with Gasteiger partial charge in [-0.2, -0.15) is 0 Å². The van der Waals surface area contributed by atoms with Crippen LogP contribution in [0.4, 0.5) is 0 Å². The molecule has 0 radical (unpaired) electrons. The molecule has 1 aromatic rings. The van der Waals surface area contributed by atoms with Crippen molar-refractivity contribution in [3.05, 3.63) is 18.2 Å². The molecule has 1 aromatic carbocycles. The van der Waals surface area contributed by atoms with Gasteiger partial charge in [-0.1, -0.05) is 35.2 Å². The molecule has 1 aliphatic heterocycles. The van der Waals surface area contributed by atoms with Gasteiger partial charge in [0.1, 0.15) is 17.2 Å². The third kappa shape index (κ3) is 4.41. The molecular formula is C14H19BrO3. The highest BCUT2D eigenvalue weighted by Crippen LogP contribution is 2.30. The highest BCUT2D eigenvalue weighted by atomic mass is 79.9. The zero-order valence-corrected chi connectivity index (χ0v) is 12.1. The van der Waals surface area contributed by atoms with Gasteiger partial charge in [-0.3, -0.25) is 0 Å². The first kappa shape index (κ1) is 13.5. The van der Waals surface area contributed by atoms with Crippen LogP contribution in [0.5, 0.6) is 17.2 Å². The molecule has 100 valence electrons. The summed E-state index contributed by atoms with van der Waals surface area (Å²) in [7, 11) is 0. The second kappa shape index (κ2) is 7.52. The van der Waals surface area contributed by atoms with Crippen molar-refractivity contribution in [3.63, 3.8) is 0 Å². The fourth-order valence-corrected chi connectivity index (χ4v) is 2.27. The number of hydrogen-bond acceptors (Lipinski definition) is 3. The normalized spacial score (nSPS) is 12.7. The molecule has 0 amide bonds. The van der Waals surface area contributed by atoms with Gasteiger partial charge in [-0.25, -0.2) is 0 Å². The van der Waals surface area contributed by atoms with E-state index < -0.39 is 0 Å². The standard InChI is InChI=1S/C14H19BrO3/c15-6-4-2-1-3-5-7-16-12-8-13-10-14(9-12)18-11-17-13/h8-10H,1-7,11H2. The minimum absolute atomic E-state index is 0.301. The maximum absolute atomic E-state index is 5.70. The lowest BCUT2D eigenvalue weighted by molar-refractivity contribution is 0.104. The molecular weight excluding hydrogens is 296 g/mol. The molecule has 4 heteroatoms. The zero-order chi connectivity index (χ0) is 12.6. The molecule has 0 atom stereocenters. The van der Waals surface area contributed by atoms with E-state index in [0.717, 1.165) is 35.6 Å². The molecule has 2 bridgehead atoms. The van der Waals surface area contributed by atoms with Crippen molar-refractivity contribution in [1.29, 1.82) is 0 Å². The minimum atomic E-state index is 0.301. The summed E-state index contributed by atoms with van der Waals surface area (Å²) in [6.45, 7) is 1.06. The molecule has 0 spiro atoms. The third-order valence-electron chi connectivity index (χ3n) is 2.85. The Morgan fingerprint density at radius 1 is 0.944 bits per heavy atom. The van der Waals surface area contributed by atoms with E-state index in [1.165, 1.54) is 25.7 Å². The fourth-order valence-electron chi connectivity index (χ4n) is 1.88. The monoisotopic (exact) mass is 314 g/mol. The first-order valence-corrected chi connectivity index (χ1v) is 7.60. The lowest BCUT2D eigenvalue weighted by Crippen LogP contribution is -2.10. The molecule has 0 aromatic heterocycles. The van der Waals surface area contributed by atoms with Crippen molar-refractivity contribution in [2.45, 2.75) is 32.1 Å². The van der Waals surface area contributed by atoms with Crippen molar-refractivity contribution < 1.29 is 14.2 Å². The first-order valence-electron chi connectivity index (χ1n) is 6.48. The average molecular weight is 315 g/mol. The molecule has 0 N–H and O–H groups in total. The summed E-state index contributed by atoms with van der Waals surface area (Å²) < 4.78 is 16.3. The van der Waals surface area contributed by atoms with Gasteiger partial charge in [0.05, 0.1) is 6.61 Å². The van der Waals surface area contributed by atoms with Crippen LogP contribution < -0.4 is 14.2 Å². The molecule has 18 heavy (non-hydrogen) atoms. The predicted octanol–water partition coefficient (Wildman–Crippen LogP) is 4.14. The summed E-state index contributed by atoms with van der Waals surface area (Å²) in [6, 6.07) is 5.70. The number of fused-ring (bicyclic) bond motifs is 2. The second-order valence-electron chi connectivity index (χ2n) is 4.35. The molecule has 0 saturated heterocycles. The van der Waals surface area contributed by atoms with Crippen LogP contribution in [0.1, 0.15) is 32.1 Å². The molecule has 0 fully saturated rings. The van der Waals surface area contributed by atoms with E-state index in [0.29, 0.717) is 6.79 Å². The van der Waals surface area contributed by atoms with E-state index in [9.17, 15) is 0 Å². The van der Waals surface area contributed by atoms with Gasteiger partial charge in [0, 0.05) is 23.5 Å². The van der Waals surface area contributed by atoms with Gasteiger partial charge in [0.2, 0.25) is 6.79 Å². The average Bonchev–Trinajstić information content (AvgIpc) is 2.37. The quantitative estimate of drug-likeness (QED) is 0.533. The number of ether oxygens (including phenoxy) is 3. The Bertz CT molecular complexity index is 346. The van der Waals surface area contributed by atoms with E-state index in [-0.39, 0.29) is 0 Å². The third-order valence-corrected chi connectivity index (χ3v) is 3.41. The Labute approximate surface area is 117 Å². The van der Waals surface area contributed by atoms with Crippen LogP contribution in [0.15, 0.2) is 18.2 Å². The lowest BCUT2D eigenvalue weighted by atomic mass is 10.2. The van der Waals surface area contributed by atoms with Crippen LogP contribution >= 0.6 is 15.9 Å². The molecule has 0 unspecified atom stereocenters. The van der Waals surface area contributed by atoms with Gasteiger partial charge in [-0.05, 0) is 12.8 Å². The van der Waals surface area contributed by atoms with Crippen molar-refractivity contribution in [2.75, 3.05) is 18.7 Å². The Hall–Kier alpha value is -0.900. The van der Waals surface area contributed by atoms with Crippen molar-refractivity contribution >= 4 is 15.9 Å². The van der Waals surface area contributed by atoms with Gasteiger partial charge in [0.15, 0.2) is 0 Å². The maximum Gasteiger partial charge on any atom is 0.230 e. The Balaban J connectivity index is 1.63. The number of hydrogen-bond donors (Lipinski definition) is 0. The Morgan fingerprint density at radius 2 is 1.61 bits per heavy atom. The van der Waals surface area contributed by atoms with Gasteiger partial charge in [0.25, 0.3) is 0 Å². The van der Waals surface area contributed by atoms with Gasteiger partial charge in [-0.15, -0.1) is 0 Å². The molecule has 1 heterocycles. The lowest BCUT2D eigenvalue weighted by Gasteiger charge is -2.17. The van der Waals surface area contributed by atoms with Crippen molar-refractivity contribution in [3.8, 4) is 17.2 Å². The van der Waals surface area contributed by atoms with Crippen LogP contribution in [0.3, 0.4) is 0 Å². The molecule has 1 aliphatic rings. The smallest absolute Gasteiger partial charge is 0.230 e. The van der Waals surface area contributed by atoms with Crippen LogP contribution in [0.25, 0.3) is 0 Å². The second-order valence-corrected chi connectivity index (χ2v) is 5.14. The summed E-state index contributed by atoms with van der Waals surface area (Å²) in [5, 5.41) is 1.11. The van der Waals surface area contributed by atoms with Crippen LogP contribution in [-0.4, -0.2) is 18.7 Å². The minimum Gasteiger partial charge on any atom is -0.493 e. The fraction of sp³-hybridized carbons (Fsp3) is 0.571. The highest BCUT2D eigenvalue weighted by molar-refractivity contribution is 9.09. The van der Waals surface area contributed by atoms with Crippen LogP contribution in [0, 0.1) is 0 Å². The van der Waals surface area contributed by atoms with E-state index >= 15 is 0 Å². The summed E-state index contributed by atoms with van der Waals surface area (Å²) in [5.74, 6) is 2.49. The van der Waals surface area contributed by atoms with Gasteiger partial charge < -0.3 is 14.2 Å². The van der Waals surface area contributed by atoms with E-state index in [1.54, 1.807) is 0 Å². The maximum atomic E-state index is 5.70. The van der Waals surface area contributed by atoms with Crippen molar-refractivity contribution in [2.24, 2.45) is 0 Å². The number of alkyl halides is 1. The summed E-state index contributed by atoms with van der Waals surface area (Å²) in [5.41, 5.74) is 0. The Kier molecular flexibility index (Phi) is 5.65. The summed E-state index contributed by atoms with van der Waals surface area (Å²) >= 11 is 3.44. The highest BCUT2D eigenvalue weighted by Gasteiger charge is 2.09. The van der Waals surface area contributed by atoms with E-state index in [2.05, 4.69) is 15.9 Å². The summed E-state index contributed by atoms with van der Waals surface area (Å²) in [6.07, 6.45) is 6.18. The number of unbranched alkanes of at least 4 members (excludes halogenated alkanes) is 4. The SMILES string of the molecule is BrCCCCCCCOc1cc2cc(c1)OCO2. The molecule has 0 aliphatic carbocycles. The van der Waals surface area contributed by atoms with Crippen LogP contribution in [-0.2, 0) is 0 Å². The van der Waals surface area contributed by atoms with E-state index in [1.807, 2.05) is 18.2 Å². The Morgan fingerprint density at radius 3 is 2.33 bits per heavy atom. The van der Waals surface area contributed by atoms with E-state index in [4.69, 9.17) is 14.2 Å². The first-order chi connectivity index (χ1) is 8.88. The predicted molar refractivity (Wildman–Crippen MR) is 74.9 cm³/mol. The summed E-state index contributed by atoms with van der Waals surface area (Å²) in [4.78, 5) is 0. The largest absolute Gasteiger partial charge is 0.493 e. The van der Waals surface area contributed by atoms with Gasteiger partial charge >= 0.3 is 0 Å². The molecule has 0 saturated carbocycles. The number of halogens is 1. The number of benzene rings is 1. The molecule has 2 rings (SSSR count). The molecule has 3 nitrogen and oxygen atoms in total. The zero-order valence-electron chi connectivity index (χ0n) is 10.5. The number of rotatable bonds is 8. The topological polar surface area (TPSA) is 27.7 Å². The van der Waals surface area contributed by atoms with Crippen molar-refractivity contribution in [1.82, 2.24) is 0 Å².